The molecule has 0 bridgehead atoms. The van der Waals surface area contributed by atoms with E-state index in [9.17, 15) is 0 Å². The van der Waals surface area contributed by atoms with Crippen molar-refractivity contribution in [2.75, 3.05) is 32.7 Å². The van der Waals surface area contributed by atoms with Crippen molar-refractivity contribution in [1.82, 2.24) is 10.2 Å². The average Bonchev–Trinajstić information content (AvgIpc) is 2.29. The Morgan fingerprint density at radius 3 is 2.75 bits per heavy atom. The van der Waals surface area contributed by atoms with Crippen LogP contribution in [-0.4, -0.2) is 43.7 Å². The molecular weight excluding hydrogens is 198 g/mol. The largest absolute Gasteiger partial charge is 0.330 e. The first-order valence-corrected chi connectivity index (χ1v) is 6.83. The molecule has 1 heterocycles. The predicted octanol–water partition coefficient (Wildman–Crippen LogP) is 1.29. The summed E-state index contributed by atoms with van der Waals surface area (Å²) in [6.45, 7) is 12.3. The Kier molecular flexibility index (Phi) is 6.32. The maximum absolute atomic E-state index is 5.79. The number of nitrogens with one attached hydrogen (secondary N) is 1. The van der Waals surface area contributed by atoms with Crippen molar-refractivity contribution < 1.29 is 0 Å². The fourth-order valence-corrected chi connectivity index (χ4v) is 2.42. The molecule has 0 aromatic rings. The summed E-state index contributed by atoms with van der Waals surface area (Å²) in [7, 11) is 0. The van der Waals surface area contributed by atoms with Crippen molar-refractivity contribution in [1.29, 1.82) is 0 Å². The first-order valence-electron chi connectivity index (χ1n) is 6.83. The van der Waals surface area contributed by atoms with E-state index in [2.05, 4.69) is 31.0 Å². The third-order valence-electron chi connectivity index (χ3n) is 3.87. The first kappa shape index (κ1) is 13.9. The second-order valence-corrected chi connectivity index (χ2v) is 5.38. The van der Waals surface area contributed by atoms with Gasteiger partial charge >= 0.3 is 0 Å². The lowest BCUT2D eigenvalue weighted by Gasteiger charge is -2.33. The zero-order chi connectivity index (χ0) is 12.0. The van der Waals surface area contributed by atoms with E-state index in [4.69, 9.17) is 5.73 Å². The molecule has 1 aliphatic heterocycles. The van der Waals surface area contributed by atoms with Gasteiger partial charge in [0.2, 0.25) is 0 Å². The van der Waals surface area contributed by atoms with Crippen LogP contribution in [0.2, 0.25) is 0 Å². The van der Waals surface area contributed by atoms with Crippen molar-refractivity contribution in [2.24, 2.45) is 17.6 Å². The van der Waals surface area contributed by atoms with Crippen LogP contribution in [0.25, 0.3) is 0 Å². The third-order valence-corrected chi connectivity index (χ3v) is 3.87. The number of rotatable bonds is 6. The van der Waals surface area contributed by atoms with Gasteiger partial charge in [0, 0.05) is 12.6 Å². The molecule has 2 unspecified atom stereocenters. The van der Waals surface area contributed by atoms with Crippen LogP contribution < -0.4 is 11.1 Å². The molecule has 16 heavy (non-hydrogen) atoms. The maximum Gasteiger partial charge on any atom is 0.0195 e. The van der Waals surface area contributed by atoms with Gasteiger partial charge in [-0.2, -0.15) is 0 Å². The number of likely N-dealkylation sites (tertiary alicyclic amines) is 1. The van der Waals surface area contributed by atoms with Gasteiger partial charge in [-0.05, 0) is 50.9 Å². The molecule has 96 valence electrons. The molecule has 0 aromatic heterocycles. The van der Waals surface area contributed by atoms with Crippen molar-refractivity contribution in [3.8, 4) is 0 Å². The first-order chi connectivity index (χ1) is 7.67. The van der Waals surface area contributed by atoms with E-state index < -0.39 is 0 Å². The molecule has 0 radical (unpaired) electrons. The monoisotopic (exact) mass is 227 g/mol. The van der Waals surface area contributed by atoms with Crippen LogP contribution in [0.4, 0.5) is 0 Å². The molecule has 0 spiro atoms. The molecule has 3 heteroatoms. The van der Waals surface area contributed by atoms with Crippen LogP contribution in [0, 0.1) is 11.8 Å². The van der Waals surface area contributed by atoms with E-state index in [0.29, 0.717) is 17.9 Å². The summed E-state index contributed by atoms with van der Waals surface area (Å²) < 4.78 is 0. The van der Waals surface area contributed by atoms with Gasteiger partial charge in [-0.1, -0.05) is 20.8 Å². The smallest absolute Gasteiger partial charge is 0.0195 e. The highest BCUT2D eigenvalue weighted by Gasteiger charge is 2.19. The van der Waals surface area contributed by atoms with Gasteiger partial charge in [-0.3, -0.25) is 0 Å². The topological polar surface area (TPSA) is 41.3 Å². The van der Waals surface area contributed by atoms with Crippen LogP contribution >= 0.6 is 0 Å². The fourth-order valence-electron chi connectivity index (χ4n) is 2.42. The molecule has 0 aromatic carbocycles. The predicted molar refractivity (Wildman–Crippen MR) is 70.5 cm³/mol. The quantitative estimate of drug-likeness (QED) is 0.718. The minimum atomic E-state index is 0.622. The maximum atomic E-state index is 5.79. The van der Waals surface area contributed by atoms with Crippen molar-refractivity contribution in [2.45, 2.75) is 39.7 Å². The Balaban J connectivity index is 2.25. The van der Waals surface area contributed by atoms with E-state index in [-0.39, 0.29) is 0 Å². The van der Waals surface area contributed by atoms with Crippen LogP contribution in [-0.2, 0) is 0 Å². The molecule has 3 N–H and O–H groups in total. The van der Waals surface area contributed by atoms with Gasteiger partial charge < -0.3 is 16.0 Å². The van der Waals surface area contributed by atoms with Gasteiger partial charge in [0.15, 0.2) is 0 Å². The van der Waals surface area contributed by atoms with Gasteiger partial charge in [0.05, 0.1) is 0 Å². The van der Waals surface area contributed by atoms with Gasteiger partial charge in [0.25, 0.3) is 0 Å². The molecule has 0 saturated carbocycles. The molecule has 2 atom stereocenters. The van der Waals surface area contributed by atoms with E-state index >= 15 is 0 Å². The lowest BCUT2D eigenvalue weighted by atomic mass is 9.95. The summed E-state index contributed by atoms with van der Waals surface area (Å²) in [5.41, 5.74) is 5.79. The minimum absolute atomic E-state index is 0.622. The van der Waals surface area contributed by atoms with Crippen LogP contribution in [0.15, 0.2) is 0 Å². The number of hydrogen-bond acceptors (Lipinski definition) is 3. The summed E-state index contributed by atoms with van der Waals surface area (Å²) in [5, 5.41) is 3.70. The summed E-state index contributed by atoms with van der Waals surface area (Å²) in [6.07, 6.45) is 2.66. The molecule has 1 fully saturated rings. The standard InChI is InChI=1S/C13H29N3/c1-4-16-7-5-6-13(10-16)15-9-12(8-14)11(2)3/h11-13,15H,4-10,14H2,1-3H3. The van der Waals surface area contributed by atoms with Crippen molar-refractivity contribution in [3.63, 3.8) is 0 Å². The number of hydrogen-bond donors (Lipinski definition) is 2. The molecule has 0 aliphatic carbocycles. The summed E-state index contributed by atoms with van der Waals surface area (Å²) >= 11 is 0. The Hall–Kier alpha value is -0.120. The highest BCUT2D eigenvalue weighted by atomic mass is 15.2. The van der Waals surface area contributed by atoms with Gasteiger partial charge in [-0.25, -0.2) is 0 Å². The lowest BCUT2D eigenvalue weighted by molar-refractivity contribution is 0.192. The summed E-state index contributed by atoms with van der Waals surface area (Å²) in [5.74, 6) is 1.31. The molecule has 3 nitrogen and oxygen atoms in total. The normalized spacial score (nSPS) is 24.9. The Bertz CT molecular complexity index is 182. The van der Waals surface area contributed by atoms with Crippen molar-refractivity contribution in [3.05, 3.63) is 0 Å². The Morgan fingerprint density at radius 2 is 2.19 bits per heavy atom. The minimum Gasteiger partial charge on any atom is -0.330 e. The summed E-state index contributed by atoms with van der Waals surface area (Å²) in [6, 6.07) is 0.682. The van der Waals surface area contributed by atoms with Gasteiger partial charge in [-0.15, -0.1) is 0 Å². The van der Waals surface area contributed by atoms with E-state index in [1.807, 2.05) is 0 Å². The molecule has 1 aliphatic rings. The molecule has 1 saturated heterocycles. The zero-order valence-electron chi connectivity index (χ0n) is 11.2. The average molecular weight is 227 g/mol. The molecule has 1 rings (SSSR count). The zero-order valence-corrected chi connectivity index (χ0v) is 11.2. The van der Waals surface area contributed by atoms with Crippen LogP contribution in [0.3, 0.4) is 0 Å². The Labute approximate surface area is 101 Å². The van der Waals surface area contributed by atoms with Crippen molar-refractivity contribution >= 4 is 0 Å². The lowest BCUT2D eigenvalue weighted by Crippen LogP contribution is -2.47. The summed E-state index contributed by atoms with van der Waals surface area (Å²) in [4.78, 5) is 2.54. The highest BCUT2D eigenvalue weighted by molar-refractivity contribution is 4.79. The highest BCUT2D eigenvalue weighted by Crippen LogP contribution is 2.12. The van der Waals surface area contributed by atoms with E-state index in [0.717, 1.165) is 13.1 Å². The molecule has 0 amide bonds. The number of likely N-dealkylation sites (N-methyl/N-ethyl adjacent to an activating group) is 1. The van der Waals surface area contributed by atoms with E-state index in [1.165, 1.54) is 32.5 Å². The number of nitrogens with two attached hydrogens (primary N) is 1. The van der Waals surface area contributed by atoms with Gasteiger partial charge in [0.1, 0.15) is 0 Å². The number of piperidine rings is 1. The second-order valence-electron chi connectivity index (χ2n) is 5.38. The third kappa shape index (κ3) is 4.40. The van der Waals surface area contributed by atoms with Crippen LogP contribution in [0.1, 0.15) is 33.6 Å². The number of nitrogens with zero attached hydrogens (tertiary/aromatic N) is 1. The SMILES string of the molecule is CCN1CCCC(NCC(CN)C(C)C)C1. The fraction of sp³-hybridized carbons (Fsp3) is 1.00. The van der Waals surface area contributed by atoms with Crippen LogP contribution in [0.5, 0.6) is 0 Å². The molecular formula is C13H29N3. The Morgan fingerprint density at radius 1 is 1.44 bits per heavy atom. The second kappa shape index (κ2) is 7.25. The van der Waals surface area contributed by atoms with E-state index in [1.54, 1.807) is 0 Å².